The van der Waals surface area contributed by atoms with Crippen molar-refractivity contribution in [1.29, 1.82) is 0 Å². The summed E-state index contributed by atoms with van der Waals surface area (Å²) >= 11 is 1.20. The third-order valence-corrected chi connectivity index (χ3v) is 5.94. The molecule has 30 heavy (non-hydrogen) atoms. The molecule has 0 unspecified atom stereocenters. The van der Waals surface area contributed by atoms with Crippen LogP contribution in [0.2, 0.25) is 0 Å². The van der Waals surface area contributed by atoms with Gasteiger partial charge in [0, 0.05) is 24.3 Å². The third kappa shape index (κ3) is 3.79. The summed E-state index contributed by atoms with van der Waals surface area (Å²) in [5.74, 6) is -0.664. The standard InChI is InChI=1S/C22H20FN3O3S/c1-25(2)9-10-26-21(29)18(11-13-3-6-15(27)7-4-13)30-22(26)19-16-12-14(23)5-8-17(16)24-20(19)28/h3-8,11-12,27H,9-10H2,1-2H3,(H,24,28)/b18-11-,22-19-. The van der Waals surface area contributed by atoms with Gasteiger partial charge in [0.25, 0.3) is 11.5 Å². The van der Waals surface area contributed by atoms with Crippen molar-refractivity contribution >= 4 is 34.6 Å². The summed E-state index contributed by atoms with van der Waals surface area (Å²) in [7, 11) is 3.81. The number of benzene rings is 2. The molecule has 1 aliphatic rings. The number of rotatable bonds is 4. The van der Waals surface area contributed by atoms with Gasteiger partial charge in [-0.2, -0.15) is 0 Å². The van der Waals surface area contributed by atoms with Crippen LogP contribution in [-0.4, -0.2) is 41.1 Å². The maximum atomic E-state index is 13.9. The number of nitrogens with zero attached hydrogens (tertiary/aromatic N) is 2. The van der Waals surface area contributed by atoms with Crippen LogP contribution >= 0.6 is 11.3 Å². The van der Waals surface area contributed by atoms with E-state index < -0.39 is 5.82 Å². The third-order valence-electron chi connectivity index (χ3n) is 4.81. The Kier molecular flexibility index (Phi) is 5.27. The lowest BCUT2D eigenvalue weighted by molar-refractivity contribution is -0.110. The number of nitrogens with one attached hydrogen (secondary N) is 1. The highest BCUT2D eigenvalue weighted by atomic mass is 32.1. The number of phenolic OH excluding ortho intramolecular Hbond substituents is 1. The number of carbonyl (C=O) groups excluding carboxylic acids is 1. The Morgan fingerprint density at radius 1 is 1.17 bits per heavy atom. The van der Waals surface area contributed by atoms with Crippen LogP contribution in [0.25, 0.3) is 11.6 Å². The van der Waals surface area contributed by atoms with Crippen molar-refractivity contribution in [2.75, 3.05) is 26.0 Å². The van der Waals surface area contributed by atoms with Crippen molar-refractivity contribution in [3.63, 3.8) is 0 Å². The predicted octanol–water partition coefficient (Wildman–Crippen LogP) is 1.30. The van der Waals surface area contributed by atoms with Crippen molar-refractivity contribution in [2.45, 2.75) is 6.54 Å². The van der Waals surface area contributed by atoms with E-state index in [0.717, 1.165) is 5.56 Å². The van der Waals surface area contributed by atoms with E-state index in [-0.39, 0.29) is 17.2 Å². The number of halogens is 1. The van der Waals surface area contributed by atoms with Crippen LogP contribution in [0.3, 0.4) is 0 Å². The number of hydrogen-bond donors (Lipinski definition) is 2. The van der Waals surface area contributed by atoms with Crippen molar-refractivity contribution in [3.05, 3.63) is 79.0 Å². The highest BCUT2D eigenvalue weighted by Crippen LogP contribution is 2.30. The van der Waals surface area contributed by atoms with Gasteiger partial charge in [0.15, 0.2) is 0 Å². The van der Waals surface area contributed by atoms with E-state index in [0.29, 0.717) is 39.1 Å². The minimum atomic E-state index is -0.447. The molecule has 0 aliphatic carbocycles. The second-order valence-corrected chi connectivity index (χ2v) is 8.32. The van der Waals surface area contributed by atoms with Gasteiger partial charge in [0.1, 0.15) is 16.2 Å². The van der Waals surface area contributed by atoms with Crippen LogP contribution < -0.4 is 20.1 Å². The Morgan fingerprint density at radius 2 is 1.90 bits per heavy atom. The summed E-state index contributed by atoms with van der Waals surface area (Å²) in [5, 5.41) is 12.2. The average molecular weight is 425 g/mol. The predicted molar refractivity (Wildman–Crippen MR) is 116 cm³/mol. The summed E-state index contributed by atoms with van der Waals surface area (Å²) in [4.78, 5) is 27.8. The molecule has 0 bridgehead atoms. The topological polar surface area (TPSA) is 74.6 Å². The molecule has 4 rings (SSSR count). The van der Waals surface area contributed by atoms with E-state index in [9.17, 15) is 19.1 Å². The summed E-state index contributed by atoms with van der Waals surface area (Å²) in [6, 6.07) is 10.6. The zero-order chi connectivity index (χ0) is 21.4. The van der Waals surface area contributed by atoms with Crippen molar-refractivity contribution in [2.24, 2.45) is 0 Å². The summed E-state index contributed by atoms with van der Waals surface area (Å²) in [6.45, 7) is 0.996. The number of fused-ring (bicyclic) bond motifs is 1. The first kappa shape index (κ1) is 20.1. The van der Waals surface area contributed by atoms with Crippen LogP contribution in [0.15, 0.2) is 47.3 Å². The summed E-state index contributed by atoms with van der Waals surface area (Å²) in [5.41, 5.74) is 1.83. The molecule has 154 valence electrons. The number of phenols is 1. The number of anilines is 1. The van der Waals surface area contributed by atoms with Crippen LogP contribution in [0.1, 0.15) is 11.1 Å². The minimum Gasteiger partial charge on any atom is -0.508 e. The number of aromatic nitrogens is 1. The van der Waals surface area contributed by atoms with Gasteiger partial charge >= 0.3 is 0 Å². The molecule has 0 radical (unpaired) electrons. The molecular formula is C22H20FN3O3S. The van der Waals surface area contributed by atoms with Gasteiger partial charge in [-0.1, -0.05) is 12.1 Å². The molecular weight excluding hydrogens is 405 g/mol. The van der Waals surface area contributed by atoms with E-state index >= 15 is 0 Å². The van der Waals surface area contributed by atoms with Crippen molar-refractivity contribution in [3.8, 4) is 5.75 Å². The summed E-state index contributed by atoms with van der Waals surface area (Å²) < 4.78 is 16.4. The normalized spacial score (nSPS) is 15.6. The monoisotopic (exact) mass is 425 g/mol. The lowest BCUT2D eigenvalue weighted by Crippen LogP contribution is -2.36. The molecule has 1 amide bonds. The van der Waals surface area contributed by atoms with Crippen LogP contribution in [0.4, 0.5) is 10.1 Å². The number of hydrogen-bond acceptors (Lipinski definition) is 5. The molecule has 3 aromatic rings. The number of likely N-dealkylation sites (N-methyl/N-ethyl adjacent to an activating group) is 1. The zero-order valence-corrected chi connectivity index (χ0v) is 17.3. The molecule has 0 fully saturated rings. The lowest BCUT2D eigenvalue weighted by Gasteiger charge is -2.10. The highest BCUT2D eigenvalue weighted by molar-refractivity contribution is 7.07. The van der Waals surface area contributed by atoms with Gasteiger partial charge in [0.2, 0.25) is 0 Å². The van der Waals surface area contributed by atoms with Crippen LogP contribution in [-0.2, 0) is 11.3 Å². The van der Waals surface area contributed by atoms with Gasteiger partial charge in [-0.05, 0) is 56.1 Å². The van der Waals surface area contributed by atoms with Crippen LogP contribution in [0.5, 0.6) is 5.75 Å². The Bertz CT molecular complexity index is 1310. The molecule has 0 atom stereocenters. The fourth-order valence-corrected chi connectivity index (χ4v) is 4.47. The molecule has 0 spiro atoms. The second kappa shape index (κ2) is 7.89. The molecule has 2 heterocycles. The van der Waals surface area contributed by atoms with E-state index in [4.69, 9.17) is 0 Å². The van der Waals surface area contributed by atoms with Crippen molar-refractivity contribution < 1.29 is 14.3 Å². The number of aromatic hydroxyl groups is 1. The lowest BCUT2D eigenvalue weighted by atomic mass is 10.1. The van der Waals surface area contributed by atoms with Gasteiger partial charge < -0.3 is 15.3 Å². The number of carbonyl (C=O) groups is 1. The number of amides is 1. The molecule has 2 N–H and O–H groups in total. The fourth-order valence-electron chi connectivity index (χ4n) is 3.28. The SMILES string of the molecule is CN(C)CCn1c(=O)/c(=C/c2ccc(O)cc2)s/c1=C1\C(=O)Nc2ccc(F)cc21. The molecule has 1 aromatic heterocycles. The largest absolute Gasteiger partial charge is 0.508 e. The Morgan fingerprint density at radius 3 is 2.60 bits per heavy atom. The molecule has 1 aliphatic heterocycles. The molecule has 0 saturated carbocycles. The molecule has 0 saturated heterocycles. The maximum absolute atomic E-state index is 13.9. The Balaban J connectivity index is 1.99. The first-order valence-electron chi connectivity index (χ1n) is 9.34. The Labute approximate surface area is 175 Å². The van der Waals surface area contributed by atoms with Gasteiger partial charge in [-0.25, -0.2) is 4.39 Å². The minimum absolute atomic E-state index is 0.138. The smallest absolute Gasteiger partial charge is 0.269 e. The van der Waals surface area contributed by atoms with Gasteiger partial charge in [0.05, 0.1) is 10.1 Å². The fraction of sp³-hybridized carbons (Fsp3) is 0.182. The van der Waals surface area contributed by atoms with Gasteiger partial charge in [-0.3, -0.25) is 14.2 Å². The van der Waals surface area contributed by atoms with Crippen molar-refractivity contribution in [1.82, 2.24) is 9.47 Å². The van der Waals surface area contributed by atoms with E-state index in [2.05, 4.69) is 5.32 Å². The molecule has 2 aromatic carbocycles. The Hall–Kier alpha value is -3.23. The molecule has 6 nitrogen and oxygen atoms in total. The first-order chi connectivity index (χ1) is 14.3. The van der Waals surface area contributed by atoms with E-state index in [1.807, 2.05) is 19.0 Å². The van der Waals surface area contributed by atoms with Gasteiger partial charge in [-0.15, -0.1) is 11.3 Å². The zero-order valence-electron chi connectivity index (χ0n) is 16.5. The number of thiazole rings is 1. The average Bonchev–Trinajstić information content (AvgIpc) is 3.17. The maximum Gasteiger partial charge on any atom is 0.269 e. The summed E-state index contributed by atoms with van der Waals surface area (Å²) in [6.07, 6.45) is 1.72. The van der Waals surface area contributed by atoms with Crippen LogP contribution in [0, 0.1) is 5.82 Å². The van der Waals surface area contributed by atoms with E-state index in [1.165, 1.54) is 29.5 Å². The first-order valence-corrected chi connectivity index (χ1v) is 10.2. The highest BCUT2D eigenvalue weighted by Gasteiger charge is 2.27. The van der Waals surface area contributed by atoms with E-state index in [1.54, 1.807) is 34.9 Å². The molecule has 8 heteroatoms. The quantitative estimate of drug-likeness (QED) is 0.661. The second-order valence-electron chi connectivity index (χ2n) is 7.29.